The van der Waals surface area contributed by atoms with Crippen LogP contribution in [0.4, 0.5) is 18.9 Å². The number of carbonyl (C=O) groups excluding carboxylic acids is 1. The van der Waals surface area contributed by atoms with Crippen molar-refractivity contribution in [1.29, 1.82) is 0 Å². The number of hydrogen-bond donors (Lipinski definition) is 2. The Morgan fingerprint density at radius 3 is 2.43 bits per heavy atom. The number of nitrogens with one attached hydrogen (secondary N) is 2. The fraction of sp³-hybridized carbons (Fsp3) is 0.350. The Balaban J connectivity index is 1.59. The summed E-state index contributed by atoms with van der Waals surface area (Å²) >= 11 is 0. The molecule has 1 heterocycles. The maximum Gasteiger partial charge on any atom is 0.416 e. The second kappa shape index (κ2) is 9.05. The monoisotopic (exact) mass is 441 g/mol. The van der Waals surface area contributed by atoms with Gasteiger partial charge in [0.15, 0.2) is 0 Å². The molecule has 1 saturated heterocycles. The molecule has 0 radical (unpaired) electrons. The molecular formula is C20H22F3N3O3S. The van der Waals surface area contributed by atoms with Crippen LogP contribution in [0.25, 0.3) is 0 Å². The van der Waals surface area contributed by atoms with Crippen molar-refractivity contribution >= 4 is 21.6 Å². The van der Waals surface area contributed by atoms with Crippen molar-refractivity contribution in [1.82, 2.24) is 10.0 Å². The van der Waals surface area contributed by atoms with Crippen molar-refractivity contribution in [2.45, 2.75) is 30.5 Å². The topological polar surface area (TPSA) is 78.5 Å². The summed E-state index contributed by atoms with van der Waals surface area (Å²) in [5.41, 5.74) is 0.863. The van der Waals surface area contributed by atoms with E-state index in [2.05, 4.69) is 10.2 Å². The summed E-state index contributed by atoms with van der Waals surface area (Å²) < 4.78 is 64.9. The number of benzene rings is 2. The van der Waals surface area contributed by atoms with E-state index < -0.39 is 39.1 Å². The lowest BCUT2D eigenvalue weighted by molar-refractivity contribution is -0.137. The van der Waals surface area contributed by atoms with Crippen LogP contribution in [-0.4, -0.2) is 34.0 Å². The zero-order chi connectivity index (χ0) is 21.8. The van der Waals surface area contributed by atoms with Crippen molar-refractivity contribution in [3.63, 3.8) is 0 Å². The van der Waals surface area contributed by atoms with Crippen LogP contribution in [-0.2, 0) is 27.5 Å². The van der Waals surface area contributed by atoms with Crippen LogP contribution < -0.4 is 14.9 Å². The van der Waals surface area contributed by atoms with E-state index in [0.29, 0.717) is 6.07 Å². The number of para-hydroxylation sites is 1. The lowest BCUT2D eigenvalue weighted by Gasteiger charge is -2.21. The number of sulfonamides is 1. The first-order valence-corrected chi connectivity index (χ1v) is 10.9. The number of anilines is 1. The van der Waals surface area contributed by atoms with E-state index in [1.165, 1.54) is 0 Å². The molecule has 0 unspecified atom stereocenters. The van der Waals surface area contributed by atoms with Gasteiger partial charge in [0.25, 0.3) is 0 Å². The minimum atomic E-state index is -4.66. The van der Waals surface area contributed by atoms with E-state index in [1.54, 1.807) is 0 Å². The number of nitrogens with zero attached hydrogens (tertiary/aromatic N) is 1. The van der Waals surface area contributed by atoms with E-state index in [9.17, 15) is 26.4 Å². The summed E-state index contributed by atoms with van der Waals surface area (Å²) in [6, 6.07) is 11.0. The highest BCUT2D eigenvalue weighted by Gasteiger charge is 2.31. The van der Waals surface area contributed by atoms with Gasteiger partial charge in [0.2, 0.25) is 15.9 Å². The molecule has 1 amide bonds. The zero-order valence-electron chi connectivity index (χ0n) is 16.1. The van der Waals surface area contributed by atoms with Crippen LogP contribution in [0, 0.1) is 0 Å². The molecule has 3 rings (SSSR count). The maximum atomic E-state index is 12.8. The molecule has 1 aliphatic heterocycles. The lowest BCUT2D eigenvalue weighted by atomic mass is 10.1. The fourth-order valence-corrected chi connectivity index (χ4v) is 4.29. The maximum absolute atomic E-state index is 12.8. The quantitative estimate of drug-likeness (QED) is 0.693. The van der Waals surface area contributed by atoms with Crippen LogP contribution in [0.2, 0.25) is 0 Å². The minimum absolute atomic E-state index is 0.219. The first-order chi connectivity index (χ1) is 14.2. The van der Waals surface area contributed by atoms with E-state index in [0.717, 1.165) is 55.4 Å². The predicted molar refractivity (Wildman–Crippen MR) is 106 cm³/mol. The van der Waals surface area contributed by atoms with Gasteiger partial charge in [-0.1, -0.05) is 24.3 Å². The second-order valence-corrected chi connectivity index (χ2v) is 8.72. The zero-order valence-corrected chi connectivity index (χ0v) is 16.9. The molecule has 0 bridgehead atoms. The van der Waals surface area contributed by atoms with Gasteiger partial charge >= 0.3 is 6.18 Å². The third-order valence-electron chi connectivity index (χ3n) is 4.81. The van der Waals surface area contributed by atoms with Crippen LogP contribution in [0.15, 0.2) is 53.4 Å². The van der Waals surface area contributed by atoms with Gasteiger partial charge in [0.1, 0.15) is 0 Å². The Bertz CT molecular complexity index is 1000. The highest BCUT2D eigenvalue weighted by molar-refractivity contribution is 7.89. The highest BCUT2D eigenvalue weighted by Crippen LogP contribution is 2.30. The van der Waals surface area contributed by atoms with Gasteiger partial charge in [-0.25, -0.2) is 13.1 Å². The minimum Gasteiger partial charge on any atom is -0.371 e. The molecule has 0 aromatic heterocycles. The Hall–Kier alpha value is -2.59. The molecule has 162 valence electrons. The van der Waals surface area contributed by atoms with Gasteiger partial charge in [0.05, 0.1) is 17.0 Å². The van der Waals surface area contributed by atoms with Crippen molar-refractivity contribution < 1.29 is 26.4 Å². The summed E-state index contributed by atoms with van der Waals surface area (Å²) in [4.78, 5) is 13.8. The van der Waals surface area contributed by atoms with Gasteiger partial charge in [-0.05, 0) is 42.7 Å². The summed E-state index contributed by atoms with van der Waals surface area (Å²) in [6.07, 6.45) is -2.44. The van der Waals surface area contributed by atoms with E-state index in [1.807, 2.05) is 29.0 Å². The van der Waals surface area contributed by atoms with Crippen LogP contribution >= 0.6 is 0 Å². The summed E-state index contributed by atoms with van der Waals surface area (Å²) in [5, 5.41) is 2.65. The van der Waals surface area contributed by atoms with Crippen molar-refractivity contribution in [3.05, 3.63) is 59.7 Å². The summed E-state index contributed by atoms with van der Waals surface area (Å²) in [5.74, 6) is -0.582. The molecule has 1 fully saturated rings. The van der Waals surface area contributed by atoms with E-state index in [4.69, 9.17) is 0 Å². The standard InChI is InChI=1S/C20H22F3N3O3S/c21-20(22,23)16-7-5-8-17(12-16)30(28,29)25-14-19(27)24-13-15-6-1-2-9-18(15)26-10-3-4-11-26/h1-2,5-9,12,25H,3-4,10-11,13-14H2,(H,24,27). The Labute approximate surface area is 173 Å². The Morgan fingerprint density at radius 2 is 1.73 bits per heavy atom. The molecule has 1 aliphatic rings. The van der Waals surface area contributed by atoms with Crippen LogP contribution in [0.5, 0.6) is 0 Å². The summed E-state index contributed by atoms with van der Waals surface area (Å²) in [6.45, 7) is 1.53. The molecule has 2 N–H and O–H groups in total. The lowest BCUT2D eigenvalue weighted by Crippen LogP contribution is -2.37. The first kappa shape index (κ1) is 22.1. The second-order valence-electron chi connectivity index (χ2n) is 6.95. The largest absolute Gasteiger partial charge is 0.416 e. The third-order valence-corrected chi connectivity index (χ3v) is 6.21. The highest BCUT2D eigenvalue weighted by atomic mass is 32.2. The molecule has 0 atom stereocenters. The van der Waals surface area contributed by atoms with Crippen LogP contribution in [0.3, 0.4) is 0 Å². The SMILES string of the molecule is O=C(CNS(=O)(=O)c1cccc(C(F)(F)F)c1)NCc1ccccc1N1CCCC1. The van der Waals surface area contributed by atoms with Crippen molar-refractivity contribution in [2.75, 3.05) is 24.5 Å². The third kappa shape index (κ3) is 5.51. The molecule has 2 aromatic carbocycles. The smallest absolute Gasteiger partial charge is 0.371 e. The molecule has 0 spiro atoms. The molecular weight excluding hydrogens is 419 g/mol. The average Bonchev–Trinajstić information content (AvgIpc) is 3.25. The van der Waals surface area contributed by atoms with Gasteiger partial charge in [-0.3, -0.25) is 4.79 Å². The predicted octanol–water partition coefficient (Wildman–Crippen LogP) is 2.90. The number of rotatable bonds is 7. The average molecular weight is 441 g/mol. The Kier molecular flexibility index (Phi) is 6.67. The van der Waals surface area contributed by atoms with Crippen molar-refractivity contribution in [2.24, 2.45) is 0 Å². The number of carbonyl (C=O) groups is 1. The number of alkyl halides is 3. The van der Waals surface area contributed by atoms with Gasteiger partial charge in [-0.2, -0.15) is 13.2 Å². The van der Waals surface area contributed by atoms with Gasteiger partial charge < -0.3 is 10.2 Å². The van der Waals surface area contributed by atoms with Gasteiger partial charge in [0, 0.05) is 25.3 Å². The number of hydrogen-bond acceptors (Lipinski definition) is 4. The number of halogens is 3. The van der Waals surface area contributed by atoms with Crippen LogP contribution in [0.1, 0.15) is 24.0 Å². The molecule has 30 heavy (non-hydrogen) atoms. The summed E-state index contributed by atoms with van der Waals surface area (Å²) in [7, 11) is -4.26. The van der Waals surface area contributed by atoms with E-state index >= 15 is 0 Å². The fourth-order valence-electron chi connectivity index (χ4n) is 3.27. The number of amides is 1. The molecule has 10 heteroatoms. The van der Waals surface area contributed by atoms with E-state index in [-0.39, 0.29) is 6.54 Å². The normalized spacial score (nSPS) is 14.7. The molecule has 2 aromatic rings. The molecule has 0 aliphatic carbocycles. The molecule has 0 saturated carbocycles. The Morgan fingerprint density at radius 1 is 1.03 bits per heavy atom. The molecule has 6 nitrogen and oxygen atoms in total. The van der Waals surface area contributed by atoms with Crippen molar-refractivity contribution in [3.8, 4) is 0 Å². The van der Waals surface area contributed by atoms with Gasteiger partial charge in [-0.15, -0.1) is 0 Å². The first-order valence-electron chi connectivity index (χ1n) is 9.43.